The lowest BCUT2D eigenvalue weighted by molar-refractivity contribution is 0.176. The number of rotatable bonds is 7. The van der Waals surface area contributed by atoms with Gasteiger partial charge in [0.2, 0.25) is 0 Å². The van der Waals surface area contributed by atoms with Crippen molar-refractivity contribution in [2.75, 3.05) is 33.2 Å². The minimum atomic E-state index is -0.100. The van der Waals surface area contributed by atoms with Crippen LogP contribution >= 0.6 is 0 Å². The fourth-order valence-corrected chi connectivity index (χ4v) is 3.65. The second-order valence-electron chi connectivity index (χ2n) is 7.43. The molecular formula is C23H31FN4. The van der Waals surface area contributed by atoms with Crippen molar-refractivity contribution in [2.24, 2.45) is 10.9 Å². The Morgan fingerprint density at radius 3 is 2.46 bits per heavy atom. The van der Waals surface area contributed by atoms with E-state index in [-0.39, 0.29) is 5.82 Å². The molecule has 1 heterocycles. The quantitative estimate of drug-likeness (QED) is 0.569. The molecule has 0 atom stereocenters. The Labute approximate surface area is 167 Å². The van der Waals surface area contributed by atoms with Crippen LogP contribution in [-0.2, 0) is 13.0 Å². The monoisotopic (exact) mass is 382 g/mol. The molecule has 0 amide bonds. The number of likely N-dealkylation sites (tertiary alicyclic amines) is 1. The van der Waals surface area contributed by atoms with Crippen molar-refractivity contribution in [2.45, 2.75) is 25.8 Å². The summed E-state index contributed by atoms with van der Waals surface area (Å²) < 4.78 is 13.8. The zero-order chi connectivity index (χ0) is 19.6. The van der Waals surface area contributed by atoms with E-state index in [2.05, 4.69) is 44.8 Å². The van der Waals surface area contributed by atoms with Gasteiger partial charge in [0.1, 0.15) is 5.82 Å². The van der Waals surface area contributed by atoms with Crippen molar-refractivity contribution in [3.05, 3.63) is 71.5 Å². The zero-order valence-electron chi connectivity index (χ0n) is 16.7. The van der Waals surface area contributed by atoms with Crippen LogP contribution in [0.3, 0.4) is 0 Å². The summed E-state index contributed by atoms with van der Waals surface area (Å²) in [6.07, 6.45) is 3.24. The Kier molecular flexibility index (Phi) is 7.85. The van der Waals surface area contributed by atoms with Crippen LogP contribution in [0.25, 0.3) is 0 Å². The number of benzene rings is 2. The largest absolute Gasteiger partial charge is 0.356 e. The number of hydrogen-bond donors (Lipinski definition) is 2. The lowest BCUT2D eigenvalue weighted by Gasteiger charge is -2.32. The maximum absolute atomic E-state index is 13.8. The molecule has 0 radical (unpaired) electrons. The van der Waals surface area contributed by atoms with E-state index in [1.807, 2.05) is 25.2 Å². The highest BCUT2D eigenvalue weighted by atomic mass is 19.1. The SMILES string of the molecule is CN=C(NCCc1ccccc1)NCC1CCN(Cc2ccccc2F)CC1. The smallest absolute Gasteiger partial charge is 0.190 e. The Hall–Kier alpha value is -2.40. The first-order chi connectivity index (χ1) is 13.7. The molecule has 150 valence electrons. The van der Waals surface area contributed by atoms with Crippen molar-refractivity contribution in [1.29, 1.82) is 0 Å². The number of hydrogen-bond acceptors (Lipinski definition) is 2. The number of nitrogens with zero attached hydrogens (tertiary/aromatic N) is 2. The Balaban J connectivity index is 1.34. The molecule has 0 saturated carbocycles. The van der Waals surface area contributed by atoms with Crippen LogP contribution in [0.15, 0.2) is 59.6 Å². The molecule has 4 nitrogen and oxygen atoms in total. The number of nitrogens with one attached hydrogen (secondary N) is 2. The summed E-state index contributed by atoms with van der Waals surface area (Å²) in [4.78, 5) is 6.68. The molecule has 2 aromatic carbocycles. The molecule has 0 aromatic heterocycles. The summed E-state index contributed by atoms with van der Waals surface area (Å²) in [6.45, 7) is 4.53. The van der Waals surface area contributed by atoms with Crippen molar-refractivity contribution < 1.29 is 4.39 Å². The van der Waals surface area contributed by atoms with E-state index in [1.54, 1.807) is 12.1 Å². The predicted octanol–water partition coefficient (Wildman–Crippen LogP) is 3.45. The van der Waals surface area contributed by atoms with Gasteiger partial charge in [-0.05, 0) is 49.9 Å². The fourth-order valence-electron chi connectivity index (χ4n) is 3.65. The molecular weight excluding hydrogens is 351 g/mol. The minimum Gasteiger partial charge on any atom is -0.356 e. The average molecular weight is 383 g/mol. The summed E-state index contributed by atoms with van der Waals surface area (Å²) in [7, 11) is 1.81. The molecule has 1 fully saturated rings. The summed E-state index contributed by atoms with van der Waals surface area (Å²) in [6, 6.07) is 17.6. The molecule has 0 bridgehead atoms. The van der Waals surface area contributed by atoms with Gasteiger partial charge >= 0.3 is 0 Å². The molecule has 0 spiro atoms. The molecule has 3 rings (SSSR count). The third-order valence-electron chi connectivity index (χ3n) is 5.39. The van der Waals surface area contributed by atoms with Gasteiger partial charge in [0.25, 0.3) is 0 Å². The van der Waals surface area contributed by atoms with Crippen molar-refractivity contribution >= 4 is 5.96 Å². The molecule has 28 heavy (non-hydrogen) atoms. The zero-order valence-corrected chi connectivity index (χ0v) is 16.7. The van der Waals surface area contributed by atoms with Crippen LogP contribution in [0, 0.1) is 11.7 Å². The number of guanidine groups is 1. The van der Waals surface area contributed by atoms with Gasteiger partial charge in [-0.2, -0.15) is 0 Å². The number of aliphatic imine (C=N–C) groups is 1. The lowest BCUT2D eigenvalue weighted by atomic mass is 9.96. The van der Waals surface area contributed by atoms with Crippen molar-refractivity contribution in [1.82, 2.24) is 15.5 Å². The van der Waals surface area contributed by atoms with Gasteiger partial charge in [0.05, 0.1) is 0 Å². The molecule has 2 aromatic rings. The van der Waals surface area contributed by atoms with E-state index < -0.39 is 0 Å². The van der Waals surface area contributed by atoms with Crippen molar-refractivity contribution in [3.63, 3.8) is 0 Å². The van der Waals surface area contributed by atoms with Crippen LogP contribution in [0.1, 0.15) is 24.0 Å². The van der Waals surface area contributed by atoms with Gasteiger partial charge in [-0.25, -0.2) is 4.39 Å². The van der Waals surface area contributed by atoms with E-state index >= 15 is 0 Å². The van der Waals surface area contributed by atoms with E-state index in [0.717, 1.165) is 57.0 Å². The highest BCUT2D eigenvalue weighted by Gasteiger charge is 2.20. The fraction of sp³-hybridized carbons (Fsp3) is 0.435. The van der Waals surface area contributed by atoms with Crippen LogP contribution in [0.4, 0.5) is 4.39 Å². The summed E-state index contributed by atoms with van der Waals surface area (Å²) in [5, 5.41) is 6.85. The molecule has 5 heteroatoms. The first-order valence-electron chi connectivity index (χ1n) is 10.2. The topological polar surface area (TPSA) is 39.7 Å². The minimum absolute atomic E-state index is 0.100. The van der Waals surface area contributed by atoms with Gasteiger partial charge in [-0.1, -0.05) is 48.5 Å². The first kappa shape index (κ1) is 20.3. The first-order valence-corrected chi connectivity index (χ1v) is 10.2. The number of piperidine rings is 1. The number of halogens is 1. The Bertz CT molecular complexity index is 739. The highest BCUT2D eigenvalue weighted by molar-refractivity contribution is 5.79. The summed E-state index contributed by atoms with van der Waals surface area (Å²) in [5.41, 5.74) is 2.12. The molecule has 1 saturated heterocycles. The van der Waals surface area contributed by atoms with Crippen molar-refractivity contribution in [3.8, 4) is 0 Å². The normalized spacial score (nSPS) is 16.1. The molecule has 2 N–H and O–H groups in total. The van der Waals surface area contributed by atoms with Crippen LogP contribution < -0.4 is 10.6 Å². The highest BCUT2D eigenvalue weighted by Crippen LogP contribution is 2.19. The standard InChI is InChI=1S/C23H31FN4/c1-25-23(26-14-11-19-7-3-2-4-8-19)27-17-20-12-15-28(16-13-20)18-21-9-5-6-10-22(21)24/h2-10,20H,11-18H2,1H3,(H2,25,26,27). The molecule has 1 aliphatic heterocycles. The van der Waals surface area contributed by atoms with Gasteiger partial charge < -0.3 is 10.6 Å². The van der Waals surface area contributed by atoms with Gasteiger partial charge in [0.15, 0.2) is 5.96 Å². The third-order valence-corrected chi connectivity index (χ3v) is 5.39. The lowest BCUT2D eigenvalue weighted by Crippen LogP contribution is -2.43. The van der Waals surface area contributed by atoms with Crippen LogP contribution in [0.2, 0.25) is 0 Å². The Morgan fingerprint density at radius 1 is 1.04 bits per heavy atom. The Morgan fingerprint density at radius 2 is 1.75 bits per heavy atom. The van der Waals surface area contributed by atoms with Crippen LogP contribution in [0.5, 0.6) is 0 Å². The second-order valence-corrected chi connectivity index (χ2v) is 7.43. The maximum atomic E-state index is 13.8. The van der Waals surface area contributed by atoms with Gasteiger partial charge in [-0.3, -0.25) is 9.89 Å². The third kappa shape index (κ3) is 6.34. The summed E-state index contributed by atoms with van der Waals surface area (Å²) >= 11 is 0. The van der Waals surface area contributed by atoms with E-state index in [1.165, 1.54) is 5.56 Å². The van der Waals surface area contributed by atoms with E-state index in [9.17, 15) is 4.39 Å². The predicted molar refractivity (Wildman–Crippen MR) is 114 cm³/mol. The maximum Gasteiger partial charge on any atom is 0.190 e. The molecule has 1 aliphatic rings. The van der Waals surface area contributed by atoms with E-state index in [4.69, 9.17) is 0 Å². The molecule has 0 aliphatic carbocycles. The van der Waals surface area contributed by atoms with Gasteiger partial charge in [0, 0.05) is 32.2 Å². The van der Waals surface area contributed by atoms with Gasteiger partial charge in [-0.15, -0.1) is 0 Å². The summed E-state index contributed by atoms with van der Waals surface area (Å²) in [5.74, 6) is 1.39. The molecule has 0 unspecified atom stereocenters. The average Bonchev–Trinajstić information content (AvgIpc) is 2.74. The van der Waals surface area contributed by atoms with E-state index in [0.29, 0.717) is 12.5 Å². The second kappa shape index (κ2) is 10.8. The van der Waals surface area contributed by atoms with Crippen LogP contribution in [-0.4, -0.2) is 44.1 Å².